The maximum atomic E-state index is 5.97. The standard InChI is InChI=1S/C14H16N4S2/c15-8-12-13(16-14-17(12)5-7-20-14)18(10-3-4-10)9-11-2-1-6-19-11/h1-2,5-7,10H,3-4,8-9,15H2. The summed E-state index contributed by atoms with van der Waals surface area (Å²) in [7, 11) is 0. The van der Waals surface area contributed by atoms with Gasteiger partial charge in [0.25, 0.3) is 0 Å². The lowest BCUT2D eigenvalue weighted by atomic mass is 10.3. The van der Waals surface area contributed by atoms with Crippen molar-refractivity contribution in [2.45, 2.75) is 32.0 Å². The van der Waals surface area contributed by atoms with Crippen LogP contribution in [0.15, 0.2) is 29.1 Å². The summed E-state index contributed by atoms with van der Waals surface area (Å²) in [6.45, 7) is 1.47. The van der Waals surface area contributed by atoms with Crippen LogP contribution >= 0.6 is 22.7 Å². The third-order valence-corrected chi connectivity index (χ3v) is 5.32. The molecule has 20 heavy (non-hydrogen) atoms. The Labute approximate surface area is 125 Å². The van der Waals surface area contributed by atoms with Gasteiger partial charge in [-0.3, -0.25) is 4.40 Å². The molecule has 0 spiro atoms. The lowest BCUT2D eigenvalue weighted by molar-refractivity contribution is 0.778. The van der Waals surface area contributed by atoms with Crippen LogP contribution in [-0.4, -0.2) is 15.4 Å². The highest BCUT2D eigenvalue weighted by Crippen LogP contribution is 2.36. The molecule has 3 heterocycles. The molecule has 1 aliphatic rings. The van der Waals surface area contributed by atoms with Crippen LogP contribution in [0.25, 0.3) is 4.96 Å². The van der Waals surface area contributed by atoms with Crippen molar-refractivity contribution in [1.82, 2.24) is 9.38 Å². The van der Waals surface area contributed by atoms with E-state index < -0.39 is 0 Å². The third-order valence-electron chi connectivity index (χ3n) is 3.70. The fourth-order valence-corrected chi connectivity index (χ4v) is 4.01. The number of thiophene rings is 1. The highest BCUT2D eigenvalue weighted by atomic mass is 32.1. The van der Waals surface area contributed by atoms with Gasteiger partial charge in [-0.2, -0.15) is 0 Å². The highest BCUT2D eigenvalue weighted by Gasteiger charge is 2.32. The van der Waals surface area contributed by atoms with E-state index in [1.165, 1.54) is 17.7 Å². The van der Waals surface area contributed by atoms with Crippen molar-refractivity contribution in [2.24, 2.45) is 5.73 Å². The average molecular weight is 304 g/mol. The topological polar surface area (TPSA) is 46.6 Å². The van der Waals surface area contributed by atoms with Gasteiger partial charge in [0.2, 0.25) is 0 Å². The van der Waals surface area contributed by atoms with Crippen molar-refractivity contribution in [2.75, 3.05) is 4.90 Å². The van der Waals surface area contributed by atoms with Crippen LogP contribution in [0.5, 0.6) is 0 Å². The predicted octanol–water partition coefficient (Wildman–Crippen LogP) is 3.09. The molecule has 0 aliphatic heterocycles. The largest absolute Gasteiger partial charge is 0.347 e. The number of fused-ring (bicyclic) bond motifs is 1. The van der Waals surface area contributed by atoms with Crippen molar-refractivity contribution in [3.05, 3.63) is 39.7 Å². The fourth-order valence-electron chi connectivity index (χ4n) is 2.57. The van der Waals surface area contributed by atoms with E-state index in [2.05, 4.69) is 38.4 Å². The van der Waals surface area contributed by atoms with Crippen LogP contribution in [-0.2, 0) is 13.1 Å². The first kappa shape index (κ1) is 12.4. The summed E-state index contributed by atoms with van der Waals surface area (Å²) in [6, 6.07) is 4.94. The number of thiazole rings is 1. The minimum atomic E-state index is 0.529. The molecule has 1 aliphatic carbocycles. The molecule has 2 N–H and O–H groups in total. The van der Waals surface area contributed by atoms with E-state index in [-0.39, 0.29) is 0 Å². The van der Waals surface area contributed by atoms with Gasteiger partial charge < -0.3 is 10.6 Å². The Balaban J connectivity index is 1.75. The molecular formula is C14H16N4S2. The molecule has 3 aromatic rings. The maximum absolute atomic E-state index is 5.97. The van der Waals surface area contributed by atoms with Gasteiger partial charge in [0.15, 0.2) is 10.8 Å². The quantitative estimate of drug-likeness (QED) is 0.788. The number of rotatable bonds is 5. The number of nitrogens with zero attached hydrogens (tertiary/aromatic N) is 3. The van der Waals surface area contributed by atoms with Crippen LogP contribution < -0.4 is 10.6 Å². The molecule has 104 valence electrons. The van der Waals surface area contributed by atoms with E-state index in [0.29, 0.717) is 12.6 Å². The number of aromatic nitrogens is 2. The summed E-state index contributed by atoms with van der Waals surface area (Å²) in [5.41, 5.74) is 7.10. The molecule has 0 atom stereocenters. The normalized spacial score (nSPS) is 15.1. The van der Waals surface area contributed by atoms with E-state index >= 15 is 0 Å². The van der Waals surface area contributed by atoms with Crippen LogP contribution in [0.1, 0.15) is 23.4 Å². The molecule has 1 fully saturated rings. The molecule has 0 unspecified atom stereocenters. The summed E-state index contributed by atoms with van der Waals surface area (Å²) in [4.78, 5) is 9.68. The van der Waals surface area contributed by atoms with Crippen molar-refractivity contribution < 1.29 is 0 Å². The van der Waals surface area contributed by atoms with Crippen LogP contribution in [0.2, 0.25) is 0 Å². The van der Waals surface area contributed by atoms with E-state index in [1.807, 2.05) is 11.3 Å². The molecule has 1 saturated carbocycles. The number of imidazole rings is 1. The van der Waals surface area contributed by atoms with Gasteiger partial charge in [-0.05, 0) is 24.3 Å². The molecule has 0 aromatic carbocycles. The van der Waals surface area contributed by atoms with E-state index in [4.69, 9.17) is 10.7 Å². The van der Waals surface area contributed by atoms with Crippen LogP contribution in [0.3, 0.4) is 0 Å². The molecule has 4 nitrogen and oxygen atoms in total. The lowest BCUT2D eigenvalue weighted by Crippen LogP contribution is -2.26. The third kappa shape index (κ3) is 2.04. The van der Waals surface area contributed by atoms with E-state index in [0.717, 1.165) is 23.0 Å². The molecule has 4 rings (SSSR count). The van der Waals surface area contributed by atoms with Crippen LogP contribution in [0, 0.1) is 0 Å². The van der Waals surface area contributed by atoms with Gasteiger partial charge in [0.05, 0.1) is 12.2 Å². The summed E-state index contributed by atoms with van der Waals surface area (Å²) in [5.74, 6) is 1.08. The Kier molecular flexibility index (Phi) is 3.02. The Hall–Kier alpha value is -1.37. The minimum absolute atomic E-state index is 0.529. The fraction of sp³-hybridized carbons (Fsp3) is 0.357. The van der Waals surface area contributed by atoms with Gasteiger partial charge in [0, 0.05) is 29.0 Å². The Morgan fingerprint density at radius 1 is 1.35 bits per heavy atom. The molecular weight excluding hydrogens is 288 g/mol. The number of hydrogen-bond acceptors (Lipinski definition) is 5. The van der Waals surface area contributed by atoms with Crippen molar-refractivity contribution >= 4 is 33.5 Å². The van der Waals surface area contributed by atoms with Gasteiger partial charge in [-0.15, -0.1) is 22.7 Å². The summed E-state index contributed by atoms with van der Waals surface area (Å²) < 4.78 is 2.13. The summed E-state index contributed by atoms with van der Waals surface area (Å²) in [5, 5.41) is 4.20. The summed E-state index contributed by atoms with van der Waals surface area (Å²) >= 11 is 3.48. The highest BCUT2D eigenvalue weighted by molar-refractivity contribution is 7.15. The summed E-state index contributed by atoms with van der Waals surface area (Å²) in [6.07, 6.45) is 4.59. The van der Waals surface area contributed by atoms with Gasteiger partial charge in [-0.1, -0.05) is 6.07 Å². The molecule has 3 aromatic heterocycles. The SMILES string of the molecule is NCc1c(N(Cc2cccs2)C2CC2)nc2sccn12. The zero-order valence-electron chi connectivity index (χ0n) is 11.0. The minimum Gasteiger partial charge on any atom is -0.347 e. The second-order valence-electron chi connectivity index (χ2n) is 5.08. The number of hydrogen-bond donors (Lipinski definition) is 1. The number of nitrogens with two attached hydrogens (primary N) is 1. The Morgan fingerprint density at radius 3 is 2.95 bits per heavy atom. The molecule has 6 heteroatoms. The van der Waals surface area contributed by atoms with Gasteiger partial charge >= 0.3 is 0 Å². The van der Waals surface area contributed by atoms with E-state index in [1.54, 1.807) is 11.3 Å². The molecule has 0 amide bonds. The second kappa shape index (κ2) is 4.87. The van der Waals surface area contributed by atoms with Crippen molar-refractivity contribution in [1.29, 1.82) is 0 Å². The predicted molar refractivity (Wildman–Crippen MR) is 84.5 cm³/mol. The smallest absolute Gasteiger partial charge is 0.195 e. The zero-order valence-corrected chi connectivity index (χ0v) is 12.7. The van der Waals surface area contributed by atoms with Crippen LogP contribution in [0.4, 0.5) is 5.82 Å². The second-order valence-corrected chi connectivity index (χ2v) is 6.99. The monoisotopic (exact) mass is 304 g/mol. The molecule has 0 radical (unpaired) electrons. The van der Waals surface area contributed by atoms with Crippen molar-refractivity contribution in [3.8, 4) is 0 Å². The molecule has 0 saturated heterocycles. The first-order valence-corrected chi connectivity index (χ1v) is 8.56. The first-order chi connectivity index (χ1) is 9.86. The average Bonchev–Trinajstić information content (AvgIpc) is 2.88. The first-order valence-electron chi connectivity index (χ1n) is 6.80. The molecule has 0 bridgehead atoms. The van der Waals surface area contributed by atoms with Gasteiger partial charge in [0.1, 0.15) is 0 Å². The maximum Gasteiger partial charge on any atom is 0.195 e. The van der Waals surface area contributed by atoms with Gasteiger partial charge in [-0.25, -0.2) is 4.98 Å². The van der Waals surface area contributed by atoms with E-state index in [9.17, 15) is 0 Å². The Morgan fingerprint density at radius 2 is 2.25 bits per heavy atom. The number of anilines is 1. The Bertz CT molecular complexity index is 709. The zero-order chi connectivity index (χ0) is 13.5. The van der Waals surface area contributed by atoms with Crippen molar-refractivity contribution in [3.63, 3.8) is 0 Å². The lowest BCUT2D eigenvalue weighted by Gasteiger charge is -2.22.